The second-order valence-corrected chi connectivity index (χ2v) is 7.76. The minimum atomic E-state index is -0.195. The minimum Gasteiger partial charge on any atom is -0.490 e. The van der Waals surface area contributed by atoms with Gasteiger partial charge in [-0.3, -0.25) is 9.69 Å². The lowest BCUT2D eigenvalue weighted by Gasteiger charge is -2.35. The summed E-state index contributed by atoms with van der Waals surface area (Å²) in [5, 5.41) is 3.45. The fourth-order valence-electron chi connectivity index (χ4n) is 3.62. The molecule has 1 amide bonds. The van der Waals surface area contributed by atoms with Gasteiger partial charge in [-0.1, -0.05) is 48.9 Å². The first-order valence-electron chi connectivity index (χ1n) is 10.9. The molecule has 0 aromatic heterocycles. The van der Waals surface area contributed by atoms with Crippen molar-refractivity contribution in [3.05, 3.63) is 58.6 Å². The topological polar surface area (TPSA) is 60.0 Å². The summed E-state index contributed by atoms with van der Waals surface area (Å²) in [6, 6.07) is 13.6. The lowest BCUT2D eigenvalue weighted by Crippen LogP contribution is -2.43. The van der Waals surface area contributed by atoms with Crippen molar-refractivity contribution < 1.29 is 19.0 Å². The Morgan fingerprint density at radius 3 is 2.58 bits per heavy atom. The molecule has 0 spiro atoms. The van der Waals surface area contributed by atoms with Crippen LogP contribution in [-0.2, 0) is 4.74 Å². The van der Waals surface area contributed by atoms with Crippen LogP contribution in [0.4, 0.5) is 0 Å². The molecule has 3 rings (SSSR count). The van der Waals surface area contributed by atoms with E-state index in [0.717, 1.165) is 19.5 Å². The summed E-state index contributed by atoms with van der Waals surface area (Å²) in [6.45, 7) is 8.44. The number of amides is 1. The zero-order valence-corrected chi connectivity index (χ0v) is 19.0. The fourth-order valence-corrected chi connectivity index (χ4v) is 3.88. The van der Waals surface area contributed by atoms with Crippen molar-refractivity contribution in [2.24, 2.45) is 0 Å². The van der Waals surface area contributed by atoms with Crippen molar-refractivity contribution in [2.75, 3.05) is 46.1 Å². The molecule has 168 valence electrons. The molecule has 7 heteroatoms. The number of ether oxygens (including phenoxy) is 3. The number of carbonyl (C=O) groups is 1. The van der Waals surface area contributed by atoms with Gasteiger partial charge in [-0.25, -0.2) is 0 Å². The lowest BCUT2D eigenvalue weighted by molar-refractivity contribution is 0.0162. The number of rotatable bonds is 10. The van der Waals surface area contributed by atoms with Gasteiger partial charge in [-0.15, -0.1) is 0 Å². The monoisotopic (exact) mass is 446 g/mol. The molecule has 1 aliphatic heterocycles. The summed E-state index contributed by atoms with van der Waals surface area (Å²) >= 11 is 6.42. The van der Waals surface area contributed by atoms with E-state index in [4.69, 9.17) is 25.8 Å². The molecule has 0 saturated carbocycles. The molecule has 1 atom stereocenters. The van der Waals surface area contributed by atoms with Crippen molar-refractivity contribution in [3.8, 4) is 11.5 Å². The van der Waals surface area contributed by atoms with E-state index in [9.17, 15) is 4.79 Å². The second kappa shape index (κ2) is 11.9. The average Bonchev–Trinajstić information content (AvgIpc) is 2.80. The molecule has 0 aliphatic carbocycles. The number of nitrogens with one attached hydrogen (secondary N) is 1. The van der Waals surface area contributed by atoms with Gasteiger partial charge in [0, 0.05) is 25.2 Å². The molecule has 2 aromatic rings. The highest BCUT2D eigenvalue weighted by atomic mass is 35.5. The molecule has 0 radical (unpaired) electrons. The third kappa shape index (κ3) is 6.35. The minimum absolute atomic E-state index is 0.0723. The Balaban J connectivity index is 1.75. The maximum atomic E-state index is 13.0. The Labute approximate surface area is 189 Å². The highest BCUT2D eigenvalue weighted by Crippen LogP contribution is 2.37. The van der Waals surface area contributed by atoms with Gasteiger partial charge in [0.15, 0.2) is 11.5 Å². The predicted molar refractivity (Wildman–Crippen MR) is 122 cm³/mol. The third-order valence-corrected chi connectivity index (χ3v) is 5.43. The number of nitrogens with zero attached hydrogens (tertiary/aromatic N) is 1. The van der Waals surface area contributed by atoms with Crippen molar-refractivity contribution in [1.82, 2.24) is 10.2 Å². The number of benzene rings is 2. The molecular formula is C24H31ClN2O4. The lowest BCUT2D eigenvalue weighted by atomic mass is 10.0. The number of hydrogen-bond acceptors (Lipinski definition) is 5. The van der Waals surface area contributed by atoms with Crippen molar-refractivity contribution in [2.45, 2.75) is 26.3 Å². The molecule has 31 heavy (non-hydrogen) atoms. The highest BCUT2D eigenvalue weighted by Gasteiger charge is 2.24. The Morgan fingerprint density at radius 2 is 1.90 bits per heavy atom. The van der Waals surface area contributed by atoms with Gasteiger partial charge in [-0.05, 0) is 31.0 Å². The van der Waals surface area contributed by atoms with Crippen LogP contribution in [0.3, 0.4) is 0 Å². The molecule has 1 aliphatic rings. The first-order valence-corrected chi connectivity index (χ1v) is 11.3. The van der Waals surface area contributed by atoms with Gasteiger partial charge in [0.05, 0.1) is 37.5 Å². The summed E-state index contributed by atoms with van der Waals surface area (Å²) in [5.74, 6) is 0.776. The van der Waals surface area contributed by atoms with Crippen LogP contribution in [-0.4, -0.2) is 56.9 Å². The van der Waals surface area contributed by atoms with E-state index in [1.54, 1.807) is 12.1 Å². The van der Waals surface area contributed by atoms with Gasteiger partial charge >= 0.3 is 0 Å². The van der Waals surface area contributed by atoms with Gasteiger partial charge in [-0.2, -0.15) is 0 Å². The quantitative estimate of drug-likeness (QED) is 0.588. The van der Waals surface area contributed by atoms with Crippen molar-refractivity contribution >= 4 is 17.5 Å². The predicted octanol–water partition coefficient (Wildman–Crippen LogP) is 4.33. The normalized spacial score (nSPS) is 15.3. The van der Waals surface area contributed by atoms with E-state index in [1.807, 2.05) is 32.0 Å². The molecule has 1 unspecified atom stereocenters. The molecule has 1 heterocycles. The van der Waals surface area contributed by atoms with Crippen LogP contribution in [0.2, 0.25) is 5.02 Å². The molecular weight excluding hydrogens is 416 g/mol. The van der Waals surface area contributed by atoms with E-state index in [0.29, 0.717) is 55.1 Å². The van der Waals surface area contributed by atoms with E-state index >= 15 is 0 Å². The third-order valence-electron chi connectivity index (χ3n) is 5.15. The van der Waals surface area contributed by atoms with Crippen LogP contribution in [0.5, 0.6) is 11.5 Å². The Morgan fingerprint density at radius 1 is 1.16 bits per heavy atom. The molecule has 1 N–H and O–H groups in total. The smallest absolute Gasteiger partial charge is 0.251 e. The molecule has 0 bridgehead atoms. The molecule has 1 saturated heterocycles. The number of hydrogen-bond donors (Lipinski definition) is 1. The first kappa shape index (κ1) is 23.4. The van der Waals surface area contributed by atoms with Gasteiger partial charge < -0.3 is 19.5 Å². The Kier molecular flexibility index (Phi) is 9.00. The van der Waals surface area contributed by atoms with Gasteiger partial charge in [0.1, 0.15) is 0 Å². The maximum Gasteiger partial charge on any atom is 0.251 e. The van der Waals surface area contributed by atoms with E-state index in [2.05, 4.69) is 22.3 Å². The fraction of sp³-hybridized carbons (Fsp3) is 0.458. The van der Waals surface area contributed by atoms with Crippen LogP contribution < -0.4 is 14.8 Å². The van der Waals surface area contributed by atoms with Gasteiger partial charge in [0.25, 0.3) is 5.91 Å². The van der Waals surface area contributed by atoms with E-state index in [-0.39, 0.29) is 11.9 Å². The highest BCUT2D eigenvalue weighted by molar-refractivity contribution is 6.32. The first-order chi connectivity index (χ1) is 15.1. The van der Waals surface area contributed by atoms with Gasteiger partial charge in [0.2, 0.25) is 0 Å². The SMILES string of the molecule is CCCOc1c(Cl)cc(C(=O)NCC(c2ccccc2)N2CCOCC2)cc1OCC. The number of halogens is 1. The summed E-state index contributed by atoms with van der Waals surface area (Å²) in [6.07, 6.45) is 0.854. The molecule has 1 fully saturated rings. The van der Waals surface area contributed by atoms with Crippen LogP contribution in [0.15, 0.2) is 42.5 Å². The molecule has 6 nitrogen and oxygen atoms in total. The number of carbonyl (C=O) groups excluding carboxylic acids is 1. The zero-order valence-electron chi connectivity index (χ0n) is 18.2. The number of morpholine rings is 1. The summed E-state index contributed by atoms with van der Waals surface area (Å²) in [5.41, 5.74) is 1.62. The van der Waals surface area contributed by atoms with E-state index < -0.39 is 0 Å². The summed E-state index contributed by atoms with van der Waals surface area (Å²) in [7, 11) is 0. The Bertz CT molecular complexity index is 841. The molecule has 2 aromatic carbocycles. The van der Waals surface area contributed by atoms with Crippen LogP contribution in [0.25, 0.3) is 0 Å². The standard InChI is InChI=1S/C24H31ClN2O4/c1-3-12-31-23-20(25)15-19(16-22(23)30-4-2)24(28)26-17-21(18-8-6-5-7-9-18)27-10-13-29-14-11-27/h5-9,15-16,21H,3-4,10-14,17H2,1-2H3,(H,26,28). The largest absolute Gasteiger partial charge is 0.490 e. The second-order valence-electron chi connectivity index (χ2n) is 7.35. The van der Waals surface area contributed by atoms with Crippen LogP contribution in [0, 0.1) is 0 Å². The maximum absolute atomic E-state index is 13.0. The van der Waals surface area contributed by atoms with Crippen molar-refractivity contribution in [3.63, 3.8) is 0 Å². The van der Waals surface area contributed by atoms with Crippen LogP contribution >= 0.6 is 11.6 Å². The average molecular weight is 447 g/mol. The zero-order chi connectivity index (χ0) is 22.1. The van der Waals surface area contributed by atoms with Crippen molar-refractivity contribution in [1.29, 1.82) is 0 Å². The van der Waals surface area contributed by atoms with E-state index in [1.165, 1.54) is 5.56 Å². The van der Waals surface area contributed by atoms with Crippen LogP contribution in [0.1, 0.15) is 42.2 Å². The Hall–Kier alpha value is -2.28. The summed E-state index contributed by atoms with van der Waals surface area (Å²) in [4.78, 5) is 15.3. The summed E-state index contributed by atoms with van der Waals surface area (Å²) < 4.78 is 16.9.